The van der Waals surface area contributed by atoms with Crippen LogP contribution in [0, 0.1) is 11.8 Å². The highest BCUT2D eigenvalue weighted by Gasteiger charge is 2.64. The molecule has 6 N–H and O–H groups in total. The molecule has 1 amide bonds. The summed E-state index contributed by atoms with van der Waals surface area (Å²) in [4.78, 5) is 40.8. The monoisotopic (exact) mass is 534 g/mol. The van der Waals surface area contributed by atoms with Crippen molar-refractivity contribution in [1.82, 2.24) is 4.90 Å². The normalized spacial score (nSPS) is 26.3. The van der Waals surface area contributed by atoms with E-state index < -0.39 is 58.0 Å². The van der Waals surface area contributed by atoms with Crippen LogP contribution in [-0.2, 0) is 20.8 Å². The first-order chi connectivity index (χ1) is 18.4. The van der Waals surface area contributed by atoms with Crippen molar-refractivity contribution in [3.05, 3.63) is 64.4 Å². The van der Waals surface area contributed by atoms with Gasteiger partial charge in [-0.3, -0.25) is 19.3 Å². The Hall–Kier alpha value is -4.15. The van der Waals surface area contributed by atoms with E-state index in [9.17, 15) is 34.8 Å². The van der Waals surface area contributed by atoms with Crippen LogP contribution in [0.1, 0.15) is 24.5 Å². The number of aliphatic hydroxyl groups is 3. The van der Waals surface area contributed by atoms with Gasteiger partial charge in [0.25, 0.3) is 5.91 Å². The number of ether oxygens (including phenoxy) is 1. The number of aliphatic hydroxyl groups excluding tert-OH is 2. The molecule has 10 nitrogen and oxygen atoms in total. The fraction of sp³-hybridized carbons (Fsp3) is 0.345. The average Bonchev–Trinajstić information content (AvgIpc) is 2.87. The molecular formula is C29H30N2O8. The number of fused-ring (bicyclic) bond motifs is 3. The number of amides is 1. The number of likely N-dealkylation sites (N-methyl/N-ethyl adjacent to an activating group) is 1. The minimum atomic E-state index is -2.67. The van der Waals surface area contributed by atoms with Crippen LogP contribution in [0.5, 0.6) is 11.5 Å². The first kappa shape index (κ1) is 26.5. The lowest BCUT2D eigenvalue weighted by Gasteiger charge is -2.50. The molecule has 0 radical (unpaired) electrons. The minimum absolute atomic E-state index is 0.0218. The molecule has 39 heavy (non-hydrogen) atoms. The third-order valence-electron chi connectivity index (χ3n) is 8.08. The predicted octanol–water partition coefficient (Wildman–Crippen LogP) is 2.03. The number of ketones is 2. The standard InChI is InChI=1S/C29H30N2O8/c1-4-39-19-8-6-5-7-15(19)14-9-10-18(32)21-16(14)11-13-12-17-23(31(2)3)25(34)22(28(30)37)27(36)29(17,38)26(35)20(13)24(21)33/h5-10,13,17,23,32-33,36,38H,4,11-12H2,1-3H3,(H2,30,37)/t13-,17-,23+,29-/m0/s1. The summed E-state index contributed by atoms with van der Waals surface area (Å²) < 4.78 is 5.80. The molecule has 10 heteroatoms. The molecule has 0 heterocycles. The third kappa shape index (κ3) is 3.66. The van der Waals surface area contributed by atoms with Gasteiger partial charge in [-0.2, -0.15) is 0 Å². The molecule has 4 atom stereocenters. The van der Waals surface area contributed by atoms with Crippen LogP contribution in [0.2, 0.25) is 0 Å². The van der Waals surface area contributed by atoms with Crippen molar-refractivity contribution >= 4 is 23.2 Å². The maximum absolute atomic E-state index is 13.9. The maximum atomic E-state index is 13.9. The number of nitrogens with two attached hydrogens (primary N) is 1. The summed E-state index contributed by atoms with van der Waals surface area (Å²) in [5.74, 6) is -6.19. The maximum Gasteiger partial charge on any atom is 0.255 e. The highest BCUT2D eigenvalue weighted by molar-refractivity contribution is 6.24. The van der Waals surface area contributed by atoms with E-state index in [2.05, 4.69) is 0 Å². The summed E-state index contributed by atoms with van der Waals surface area (Å²) in [5.41, 5.74) is 3.70. The van der Waals surface area contributed by atoms with Crippen LogP contribution in [0.4, 0.5) is 0 Å². The Morgan fingerprint density at radius 3 is 2.44 bits per heavy atom. The highest BCUT2D eigenvalue weighted by atomic mass is 16.5. The number of nitrogens with zero attached hydrogens (tertiary/aromatic N) is 1. The van der Waals surface area contributed by atoms with Crippen LogP contribution in [0.25, 0.3) is 16.9 Å². The largest absolute Gasteiger partial charge is 0.508 e. The van der Waals surface area contributed by atoms with Gasteiger partial charge < -0.3 is 30.9 Å². The number of aromatic hydroxyl groups is 1. The third-order valence-corrected chi connectivity index (χ3v) is 8.08. The van der Waals surface area contributed by atoms with E-state index in [0.717, 1.165) is 5.56 Å². The van der Waals surface area contributed by atoms with E-state index >= 15 is 0 Å². The smallest absolute Gasteiger partial charge is 0.255 e. The van der Waals surface area contributed by atoms with Crippen molar-refractivity contribution in [1.29, 1.82) is 0 Å². The SMILES string of the molecule is CCOc1ccccc1-c1ccc(O)c2c1C[C@H]1C[C@H]3[C@@H](N(C)C)C(=O)C(C(N)=O)=C(O)[C@@]3(O)C(=O)C1=C2O. The van der Waals surface area contributed by atoms with Crippen LogP contribution in [0.15, 0.2) is 53.3 Å². The van der Waals surface area contributed by atoms with E-state index in [1.807, 2.05) is 31.2 Å². The van der Waals surface area contributed by atoms with Crippen molar-refractivity contribution < 1.29 is 39.5 Å². The molecule has 2 aromatic rings. The van der Waals surface area contributed by atoms with Crippen LogP contribution in [-0.4, -0.2) is 75.1 Å². The number of para-hydroxylation sites is 1. The fourth-order valence-electron chi connectivity index (χ4n) is 6.47. The Bertz CT molecular complexity index is 1490. The van der Waals surface area contributed by atoms with Gasteiger partial charge in [0.15, 0.2) is 11.4 Å². The van der Waals surface area contributed by atoms with Crippen molar-refractivity contribution in [2.75, 3.05) is 20.7 Å². The number of rotatable bonds is 5. The zero-order valence-electron chi connectivity index (χ0n) is 21.8. The lowest BCUT2D eigenvalue weighted by molar-refractivity contribution is -0.153. The van der Waals surface area contributed by atoms with Crippen molar-refractivity contribution in [3.63, 3.8) is 0 Å². The van der Waals surface area contributed by atoms with Crippen LogP contribution < -0.4 is 10.5 Å². The molecule has 0 unspecified atom stereocenters. The molecule has 0 spiro atoms. The first-order valence-electron chi connectivity index (χ1n) is 12.7. The number of phenols is 1. The minimum Gasteiger partial charge on any atom is -0.508 e. The van der Waals surface area contributed by atoms with Gasteiger partial charge in [-0.15, -0.1) is 0 Å². The highest BCUT2D eigenvalue weighted by Crippen LogP contribution is 2.54. The molecule has 0 saturated heterocycles. The number of primary amides is 1. The van der Waals surface area contributed by atoms with E-state index in [0.29, 0.717) is 23.5 Å². The second kappa shape index (κ2) is 9.25. The Labute approximate surface area is 224 Å². The molecule has 0 aliphatic heterocycles. The van der Waals surface area contributed by atoms with Gasteiger partial charge in [-0.25, -0.2) is 0 Å². The van der Waals surface area contributed by atoms with Crippen molar-refractivity contribution in [3.8, 4) is 22.6 Å². The van der Waals surface area contributed by atoms with E-state index in [4.69, 9.17) is 10.5 Å². The van der Waals surface area contributed by atoms with Crippen molar-refractivity contribution in [2.24, 2.45) is 17.6 Å². The predicted molar refractivity (Wildman–Crippen MR) is 141 cm³/mol. The second-order valence-electron chi connectivity index (χ2n) is 10.4. The van der Waals surface area contributed by atoms with Gasteiger partial charge in [0.2, 0.25) is 5.78 Å². The topological polar surface area (TPSA) is 171 Å². The Balaban J connectivity index is 1.74. The zero-order chi connectivity index (χ0) is 28.4. The fourth-order valence-corrected chi connectivity index (χ4v) is 6.47. The Morgan fingerprint density at radius 1 is 1.10 bits per heavy atom. The molecule has 5 rings (SSSR count). The van der Waals surface area contributed by atoms with Gasteiger partial charge in [0.05, 0.1) is 18.2 Å². The number of phenolic OH excluding ortho intramolecular Hbond substituents is 1. The summed E-state index contributed by atoms with van der Waals surface area (Å²) in [6.07, 6.45) is 0.215. The molecule has 1 fully saturated rings. The number of hydrogen-bond donors (Lipinski definition) is 5. The van der Waals surface area contributed by atoms with Gasteiger partial charge in [-0.1, -0.05) is 24.3 Å². The number of carbonyl (C=O) groups is 3. The van der Waals surface area contributed by atoms with E-state index in [1.54, 1.807) is 20.2 Å². The van der Waals surface area contributed by atoms with E-state index in [-0.39, 0.29) is 29.7 Å². The van der Waals surface area contributed by atoms with Crippen LogP contribution >= 0.6 is 0 Å². The molecule has 3 aliphatic carbocycles. The molecule has 0 bridgehead atoms. The quantitative estimate of drug-likeness (QED) is 0.360. The Kier molecular flexibility index (Phi) is 6.27. The summed E-state index contributed by atoms with van der Waals surface area (Å²) >= 11 is 0. The zero-order valence-corrected chi connectivity index (χ0v) is 21.8. The molecular weight excluding hydrogens is 504 g/mol. The van der Waals surface area contributed by atoms with Gasteiger partial charge in [-0.05, 0) is 63.0 Å². The number of benzene rings is 2. The van der Waals surface area contributed by atoms with Gasteiger partial charge in [0, 0.05) is 17.1 Å². The number of Topliss-reactive ketones (excluding diaryl/α,β-unsaturated/α-hetero) is 2. The molecule has 204 valence electrons. The van der Waals surface area contributed by atoms with Crippen LogP contribution in [0.3, 0.4) is 0 Å². The number of hydrogen-bond acceptors (Lipinski definition) is 9. The Morgan fingerprint density at radius 2 is 1.79 bits per heavy atom. The summed E-state index contributed by atoms with van der Waals surface area (Å²) in [6, 6.07) is 9.33. The molecule has 0 aromatic heterocycles. The average molecular weight is 535 g/mol. The summed E-state index contributed by atoms with van der Waals surface area (Å²) in [5, 5.41) is 44.9. The second-order valence-corrected chi connectivity index (χ2v) is 10.4. The lowest BCUT2D eigenvalue weighted by Crippen LogP contribution is -2.65. The lowest BCUT2D eigenvalue weighted by atomic mass is 9.57. The molecule has 1 saturated carbocycles. The van der Waals surface area contributed by atoms with Crippen molar-refractivity contribution in [2.45, 2.75) is 31.4 Å². The first-order valence-corrected chi connectivity index (χ1v) is 12.7. The molecule has 3 aliphatic rings. The summed E-state index contributed by atoms with van der Waals surface area (Å²) in [6.45, 7) is 2.28. The van der Waals surface area contributed by atoms with Gasteiger partial charge >= 0.3 is 0 Å². The van der Waals surface area contributed by atoms with Gasteiger partial charge in [0.1, 0.15) is 28.6 Å². The molecule has 2 aromatic carbocycles. The van der Waals surface area contributed by atoms with E-state index in [1.165, 1.54) is 11.0 Å². The summed E-state index contributed by atoms with van der Waals surface area (Å²) in [7, 11) is 3.13. The number of carbonyl (C=O) groups excluding carboxylic acids is 3.